The maximum atomic E-state index is 12.3. The molecule has 0 spiro atoms. The molecule has 1 heterocycles. The van der Waals surface area contributed by atoms with Crippen molar-refractivity contribution < 1.29 is 13.2 Å². The maximum Gasteiger partial charge on any atom is 0.427 e. The zero-order chi connectivity index (χ0) is 13.2. The number of halogens is 4. The van der Waals surface area contributed by atoms with E-state index in [4.69, 9.17) is 11.6 Å². The summed E-state index contributed by atoms with van der Waals surface area (Å²) >= 11 is 6.38. The van der Waals surface area contributed by atoms with Crippen molar-refractivity contribution in [3.63, 3.8) is 0 Å². The van der Waals surface area contributed by atoms with Crippen molar-refractivity contribution in [2.24, 2.45) is 0 Å². The Morgan fingerprint density at radius 1 is 1.33 bits per heavy atom. The van der Waals surface area contributed by atoms with Crippen LogP contribution in [0.4, 0.5) is 18.3 Å². The van der Waals surface area contributed by atoms with Gasteiger partial charge in [0, 0.05) is 11.6 Å². The van der Waals surface area contributed by atoms with E-state index >= 15 is 0 Å². The number of nitrogens with zero attached hydrogens (tertiary/aromatic N) is 1. The van der Waals surface area contributed by atoms with E-state index in [9.17, 15) is 13.2 Å². The molecule has 0 amide bonds. The highest BCUT2D eigenvalue weighted by Gasteiger charge is 2.33. The Labute approximate surface area is 110 Å². The minimum atomic E-state index is -4.34. The van der Waals surface area contributed by atoms with Gasteiger partial charge in [-0.25, -0.2) is 4.98 Å². The molecular weight excluding hydrogens is 285 g/mol. The predicted octanol–water partition coefficient (Wildman–Crippen LogP) is 4.43. The van der Waals surface area contributed by atoms with E-state index in [2.05, 4.69) is 10.3 Å². The molecule has 2 aromatic rings. The average molecular weight is 293 g/mol. The van der Waals surface area contributed by atoms with Gasteiger partial charge in [0.1, 0.15) is 4.88 Å². The van der Waals surface area contributed by atoms with Gasteiger partial charge in [0.05, 0.1) is 6.20 Å². The van der Waals surface area contributed by atoms with Crippen LogP contribution in [0.5, 0.6) is 0 Å². The van der Waals surface area contributed by atoms with Gasteiger partial charge in [-0.1, -0.05) is 35.1 Å². The van der Waals surface area contributed by atoms with Crippen LogP contribution in [0.15, 0.2) is 30.5 Å². The fourth-order valence-corrected chi connectivity index (χ4v) is 2.20. The van der Waals surface area contributed by atoms with Crippen LogP contribution in [-0.2, 0) is 12.7 Å². The predicted molar refractivity (Wildman–Crippen MR) is 65.9 cm³/mol. The summed E-state index contributed by atoms with van der Waals surface area (Å²) < 4.78 is 37.0. The summed E-state index contributed by atoms with van der Waals surface area (Å²) in [6.45, 7) is 0.380. The highest BCUT2D eigenvalue weighted by Crippen LogP contribution is 2.35. The molecule has 0 saturated carbocycles. The van der Waals surface area contributed by atoms with Crippen molar-refractivity contribution >= 4 is 28.1 Å². The van der Waals surface area contributed by atoms with Gasteiger partial charge >= 0.3 is 6.18 Å². The molecule has 0 aliphatic rings. The van der Waals surface area contributed by atoms with Crippen LogP contribution in [0.25, 0.3) is 0 Å². The maximum absolute atomic E-state index is 12.3. The molecule has 0 aliphatic heterocycles. The molecule has 1 aromatic heterocycles. The largest absolute Gasteiger partial charge is 0.427 e. The molecule has 0 bridgehead atoms. The number of rotatable bonds is 3. The lowest BCUT2D eigenvalue weighted by Gasteiger charge is -2.03. The zero-order valence-corrected chi connectivity index (χ0v) is 10.5. The van der Waals surface area contributed by atoms with E-state index in [1.165, 1.54) is 0 Å². The molecule has 2 rings (SSSR count). The second-order valence-electron chi connectivity index (χ2n) is 3.51. The molecule has 0 aliphatic carbocycles. The van der Waals surface area contributed by atoms with Crippen LogP contribution in [0, 0.1) is 0 Å². The van der Waals surface area contributed by atoms with Crippen LogP contribution in [-0.4, -0.2) is 4.98 Å². The van der Waals surface area contributed by atoms with Crippen molar-refractivity contribution in [3.05, 3.63) is 45.9 Å². The summed E-state index contributed by atoms with van der Waals surface area (Å²) in [5.74, 6) is 0. The molecule has 0 saturated heterocycles. The van der Waals surface area contributed by atoms with Crippen LogP contribution >= 0.6 is 22.9 Å². The first-order chi connectivity index (χ1) is 8.45. The average Bonchev–Trinajstić information content (AvgIpc) is 2.74. The molecule has 0 fully saturated rings. The molecule has 96 valence electrons. The summed E-state index contributed by atoms with van der Waals surface area (Å²) in [6.07, 6.45) is -3.52. The second-order valence-corrected chi connectivity index (χ2v) is 4.98. The smallest absolute Gasteiger partial charge is 0.357 e. The first-order valence-electron chi connectivity index (χ1n) is 4.96. The SMILES string of the molecule is FC(F)(F)c1cnc(NCc2cccc(Cl)c2)s1. The van der Waals surface area contributed by atoms with E-state index in [-0.39, 0.29) is 5.13 Å². The van der Waals surface area contributed by atoms with Crippen LogP contribution in [0.2, 0.25) is 5.02 Å². The van der Waals surface area contributed by atoms with Crippen LogP contribution < -0.4 is 5.32 Å². The third-order valence-corrected chi connectivity index (χ3v) is 3.35. The van der Waals surface area contributed by atoms with Crippen LogP contribution in [0.1, 0.15) is 10.4 Å². The lowest BCUT2D eigenvalue weighted by Crippen LogP contribution is -2.00. The van der Waals surface area contributed by atoms with Gasteiger partial charge in [0.15, 0.2) is 5.13 Å². The standard InChI is InChI=1S/C11H8ClF3N2S/c12-8-3-1-2-7(4-8)5-16-10-17-6-9(18-10)11(13,14)15/h1-4,6H,5H2,(H,16,17). The van der Waals surface area contributed by atoms with E-state index in [1.807, 2.05) is 6.07 Å². The van der Waals surface area contributed by atoms with E-state index in [1.54, 1.807) is 18.2 Å². The number of benzene rings is 1. The van der Waals surface area contributed by atoms with Gasteiger partial charge in [-0.2, -0.15) is 13.2 Å². The number of alkyl halides is 3. The minimum Gasteiger partial charge on any atom is -0.357 e. The highest BCUT2D eigenvalue weighted by molar-refractivity contribution is 7.15. The first-order valence-corrected chi connectivity index (χ1v) is 6.16. The molecule has 7 heteroatoms. The van der Waals surface area contributed by atoms with Gasteiger partial charge in [0.2, 0.25) is 0 Å². The topological polar surface area (TPSA) is 24.9 Å². The third kappa shape index (κ3) is 3.36. The zero-order valence-electron chi connectivity index (χ0n) is 8.96. The number of nitrogens with one attached hydrogen (secondary N) is 1. The van der Waals surface area contributed by atoms with Crippen molar-refractivity contribution in [2.75, 3.05) is 5.32 Å². The molecule has 0 radical (unpaired) electrons. The Bertz CT molecular complexity index is 539. The minimum absolute atomic E-state index is 0.238. The molecular formula is C11H8ClF3N2S. The highest BCUT2D eigenvalue weighted by atomic mass is 35.5. The molecule has 0 atom stereocenters. The van der Waals surface area contributed by atoms with Crippen molar-refractivity contribution in [1.82, 2.24) is 4.98 Å². The molecule has 18 heavy (non-hydrogen) atoms. The lowest BCUT2D eigenvalue weighted by atomic mass is 10.2. The summed E-state index contributed by atoms with van der Waals surface area (Å²) in [7, 11) is 0. The van der Waals surface area contributed by atoms with E-state index < -0.39 is 11.1 Å². The van der Waals surface area contributed by atoms with Crippen molar-refractivity contribution in [2.45, 2.75) is 12.7 Å². The quantitative estimate of drug-likeness (QED) is 0.905. The monoisotopic (exact) mass is 292 g/mol. The Hall–Kier alpha value is -1.27. The summed E-state index contributed by atoms with van der Waals surface area (Å²) in [6, 6.07) is 7.09. The van der Waals surface area contributed by atoms with Gasteiger partial charge in [-0.3, -0.25) is 0 Å². The van der Waals surface area contributed by atoms with Crippen molar-refractivity contribution in [3.8, 4) is 0 Å². The van der Waals surface area contributed by atoms with Gasteiger partial charge in [0.25, 0.3) is 0 Å². The van der Waals surface area contributed by atoms with Gasteiger partial charge in [-0.05, 0) is 17.7 Å². The Kier molecular flexibility index (Phi) is 3.77. The van der Waals surface area contributed by atoms with Gasteiger partial charge in [-0.15, -0.1) is 0 Å². The van der Waals surface area contributed by atoms with E-state index in [0.29, 0.717) is 22.9 Å². The Balaban J connectivity index is 2.01. The lowest BCUT2D eigenvalue weighted by molar-refractivity contribution is -0.134. The normalized spacial score (nSPS) is 11.6. The Morgan fingerprint density at radius 3 is 2.72 bits per heavy atom. The first kappa shape index (κ1) is 13.2. The van der Waals surface area contributed by atoms with E-state index in [0.717, 1.165) is 11.8 Å². The second kappa shape index (κ2) is 5.16. The molecule has 1 N–H and O–H groups in total. The number of hydrogen-bond donors (Lipinski definition) is 1. The van der Waals surface area contributed by atoms with Crippen molar-refractivity contribution in [1.29, 1.82) is 0 Å². The Morgan fingerprint density at radius 2 is 2.11 bits per heavy atom. The summed E-state index contributed by atoms with van der Waals surface area (Å²) in [4.78, 5) is 2.96. The molecule has 0 unspecified atom stereocenters. The number of aromatic nitrogens is 1. The number of anilines is 1. The summed E-state index contributed by atoms with van der Waals surface area (Å²) in [5, 5.41) is 3.66. The molecule has 1 aromatic carbocycles. The fraction of sp³-hybridized carbons (Fsp3) is 0.182. The molecule has 2 nitrogen and oxygen atoms in total. The number of thiazole rings is 1. The van der Waals surface area contributed by atoms with Gasteiger partial charge < -0.3 is 5.32 Å². The third-order valence-electron chi connectivity index (χ3n) is 2.12. The summed E-state index contributed by atoms with van der Waals surface area (Å²) in [5.41, 5.74) is 0.881. The van der Waals surface area contributed by atoms with Crippen LogP contribution in [0.3, 0.4) is 0 Å². The fourth-order valence-electron chi connectivity index (χ4n) is 1.31. The number of hydrogen-bond acceptors (Lipinski definition) is 3.